The highest BCUT2D eigenvalue weighted by Gasteiger charge is 2.27. The number of hydrogen-bond donors (Lipinski definition) is 1. The van der Waals surface area contributed by atoms with Crippen LogP contribution in [0.3, 0.4) is 0 Å². The fourth-order valence-electron chi connectivity index (χ4n) is 2.42. The smallest absolute Gasteiger partial charge is 0.329 e. The summed E-state index contributed by atoms with van der Waals surface area (Å²) in [5, 5.41) is 13.5. The van der Waals surface area contributed by atoms with Gasteiger partial charge < -0.3 is 14.8 Å². The van der Waals surface area contributed by atoms with E-state index in [1.165, 1.54) is 12.1 Å². The highest BCUT2D eigenvalue weighted by atomic mass is 35.5. The summed E-state index contributed by atoms with van der Waals surface area (Å²) in [4.78, 5) is 35.1. The molecule has 0 radical (unpaired) electrons. The molecule has 0 aliphatic rings. The van der Waals surface area contributed by atoms with Gasteiger partial charge in [0.15, 0.2) is 0 Å². The molecule has 154 valence electrons. The van der Waals surface area contributed by atoms with Crippen molar-refractivity contribution < 1.29 is 24.0 Å². The molecule has 2 rings (SSSR count). The van der Waals surface area contributed by atoms with Crippen LogP contribution in [0.5, 0.6) is 5.75 Å². The van der Waals surface area contributed by atoms with Crippen LogP contribution >= 0.6 is 11.6 Å². The number of rotatable bonds is 9. The molecule has 0 unspecified atom stereocenters. The largest absolute Gasteiger partial charge is 0.490 e. The summed E-state index contributed by atoms with van der Waals surface area (Å²) in [6.07, 6.45) is 0. The SMILES string of the molecule is CC(C)[C@H](NC(=O)c1ccc(Cl)c([N+](=O)[O-])c1)C(=O)OCCOc1ccccc1. The molecule has 9 heteroatoms. The lowest BCUT2D eigenvalue weighted by atomic mass is 10.0. The third kappa shape index (κ3) is 6.46. The van der Waals surface area contributed by atoms with Crippen molar-refractivity contribution >= 4 is 29.2 Å². The van der Waals surface area contributed by atoms with Gasteiger partial charge in [-0.15, -0.1) is 0 Å². The molecule has 0 saturated carbocycles. The lowest BCUT2D eigenvalue weighted by Crippen LogP contribution is -2.45. The van der Waals surface area contributed by atoms with E-state index in [4.69, 9.17) is 21.1 Å². The van der Waals surface area contributed by atoms with Gasteiger partial charge in [0, 0.05) is 11.6 Å². The van der Waals surface area contributed by atoms with Crippen LogP contribution in [-0.2, 0) is 9.53 Å². The zero-order valence-corrected chi connectivity index (χ0v) is 16.7. The van der Waals surface area contributed by atoms with Crippen LogP contribution in [0.15, 0.2) is 48.5 Å². The maximum atomic E-state index is 12.5. The Bertz CT molecular complexity index is 873. The number of esters is 1. The van der Waals surface area contributed by atoms with Crippen molar-refractivity contribution in [3.8, 4) is 5.75 Å². The van der Waals surface area contributed by atoms with E-state index >= 15 is 0 Å². The van der Waals surface area contributed by atoms with Gasteiger partial charge in [-0.05, 0) is 30.2 Å². The molecule has 0 fully saturated rings. The van der Waals surface area contributed by atoms with Crippen LogP contribution in [-0.4, -0.2) is 36.1 Å². The van der Waals surface area contributed by atoms with Gasteiger partial charge in [0.25, 0.3) is 11.6 Å². The summed E-state index contributed by atoms with van der Waals surface area (Å²) in [7, 11) is 0. The first-order valence-electron chi connectivity index (χ1n) is 8.89. The van der Waals surface area contributed by atoms with Crippen molar-refractivity contribution in [2.24, 2.45) is 5.92 Å². The van der Waals surface area contributed by atoms with Crippen molar-refractivity contribution in [2.45, 2.75) is 19.9 Å². The number of benzene rings is 2. The van der Waals surface area contributed by atoms with Crippen molar-refractivity contribution in [1.29, 1.82) is 0 Å². The van der Waals surface area contributed by atoms with E-state index < -0.39 is 22.8 Å². The molecule has 0 saturated heterocycles. The molecule has 0 aromatic heterocycles. The molecule has 1 N–H and O–H groups in total. The Balaban J connectivity index is 1.94. The number of carbonyl (C=O) groups excluding carboxylic acids is 2. The maximum absolute atomic E-state index is 12.5. The van der Waals surface area contributed by atoms with Crippen LogP contribution in [0.4, 0.5) is 5.69 Å². The third-order valence-electron chi connectivity index (χ3n) is 3.95. The summed E-state index contributed by atoms with van der Waals surface area (Å²) in [6.45, 7) is 3.67. The number of carbonyl (C=O) groups is 2. The first kappa shape index (κ1) is 22.2. The molecule has 2 aromatic carbocycles. The third-order valence-corrected chi connectivity index (χ3v) is 4.27. The van der Waals surface area contributed by atoms with E-state index in [1.807, 2.05) is 18.2 Å². The number of para-hydroxylation sites is 1. The molecule has 8 nitrogen and oxygen atoms in total. The number of nitrogens with one attached hydrogen (secondary N) is 1. The lowest BCUT2D eigenvalue weighted by Gasteiger charge is -2.21. The Labute approximate surface area is 172 Å². The van der Waals surface area contributed by atoms with E-state index in [2.05, 4.69) is 5.32 Å². The summed E-state index contributed by atoms with van der Waals surface area (Å²) in [6, 6.07) is 11.8. The highest BCUT2D eigenvalue weighted by molar-refractivity contribution is 6.32. The van der Waals surface area contributed by atoms with E-state index in [9.17, 15) is 19.7 Å². The first-order valence-corrected chi connectivity index (χ1v) is 9.26. The van der Waals surface area contributed by atoms with Gasteiger partial charge in [-0.25, -0.2) is 4.79 Å². The van der Waals surface area contributed by atoms with Crippen molar-refractivity contribution in [1.82, 2.24) is 5.32 Å². The van der Waals surface area contributed by atoms with Crippen LogP contribution in [0.25, 0.3) is 0 Å². The number of halogens is 1. The Morgan fingerprint density at radius 2 is 1.83 bits per heavy atom. The normalized spacial score (nSPS) is 11.6. The minimum Gasteiger partial charge on any atom is -0.490 e. The minimum atomic E-state index is -0.922. The topological polar surface area (TPSA) is 108 Å². The van der Waals surface area contributed by atoms with Crippen LogP contribution < -0.4 is 10.1 Å². The van der Waals surface area contributed by atoms with E-state index in [1.54, 1.807) is 26.0 Å². The van der Waals surface area contributed by atoms with Gasteiger partial charge in [0.2, 0.25) is 0 Å². The predicted molar refractivity (Wildman–Crippen MR) is 107 cm³/mol. The second-order valence-corrected chi connectivity index (χ2v) is 6.85. The molecule has 1 amide bonds. The molecule has 0 spiro atoms. The average molecular weight is 421 g/mol. The molecule has 1 atom stereocenters. The second kappa shape index (κ2) is 10.4. The monoisotopic (exact) mass is 420 g/mol. The number of amides is 1. The summed E-state index contributed by atoms with van der Waals surface area (Å²) in [5.41, 5.74) is -0.368. The fraction of sp³-hybridized carbons (Fsp3) is 0.300. The predicted octanol–water partition coefficient (Wildman–Crippen LogP) is 3.62. The van der Waals surface area contributed by atoms with E-state index in [0.29, 0.717) is 5.75 Å². The van der Waals surface area contributed by atoms with Crippen molar-refractivity contribution in [3.63, 3.8) is 0 Å². The first-order chi connectivity index (χ1) is 13.8. The van der Waals surface area contributed by atoms with Gasteiger partial charge in [-0.3, -0.25) is 14.9 Å². The molecule has 0 aliphatic carbocycles. The zero-order chi connectivity index (χ0) is 21.4. The molecular formula is C20H21ClN2O6. The van der Waals surface area contributed by atoms with E-state index in [-0.39, 0.29) is 35.4 Å². The van der Waals surface area contributed by atoms with Gasteiger partial charge in [-0.2, -0.15) is 0 Å². The van der Waals surface area contributed by atoms with Crippen LogP contribution in [0.2, 0.25) is 5.02 Å². The van der Waals surface area contributed by atoms with Crippen molar-refractivity contribution in [3.05, 3.63) is 69.2 Å². The Morgan fingerprint density at radius 1 is 1.14 bits per heavy atom. The number of nitrogens with zero attached hydrogens (tertiary/aromatic N) is 1. The fourth-order valence-corrected chi connectivity index (χ4v) is 2.61. The van der Waals surface area contributed by atoms with Gasteiger partial charge >= 0.3 is 5.97 Å². The molecule has 29 heavy (non-hydrogen) atoms. The van der Waals surface area contributed by atoms with Gasteiger partial charge in [0.1, 0.15) is 30.0 Å². The molecule has 0 bridgehead atoms. The zero-order valence-electron chi connectivity index (χ0n) is 16.0. The number of hydrogen-bond acceptors (Lipinski definition) is 6. The van der Waals surface area contributed by atoms with Crippen molar-refractivity contribution in [2.75, 3.05) is 13.2 Å². The van der Waals surface area contributed by atoms with Gasteiger partial charge in [-0.1, -0.05) is 43.6 Å². The molecule has 2 aromatic rings. The quantitative estimate of drug-likeness (QED) is 0.287. The second-order valence-electron chi connectivity index (χ2n) is 6.45. The summed E-state index contributed by atoms with van der Waals surface area (Å²) >= 11 is 5.76. The van der Waals surface area contributed by atoms with Crippen LogP contribution in [0, 0.1) is 16.0 Å². The summed E-state index contributed by atoms with van der Waals surface area (Å²) < 4.78 is 10.6. The molecular weight excluding hydrogens is 400 g/mol. The number of ether oxygens (including phenoxy) is 2. The highest BCUT2D eigenvalue weighted by Crippen LogP contribution is 2.25. The maximum Gasteiger partial charge on any atom is 0.329 e. The Morgan fingerprint density at radius 3 is 2.45 bits per heavy atom. The van der Waals surface area contributed by atoms with Gasteiger partial charge in [0.05, 0.1) is 4.92 Å². The molecule has 0 heterocycles. The average Bonchev–Trinajstić information content (AvgIpc) is 2.69. The van der Waals surface area contributed by atoms with Crippen LogP contribution in [0.1, 0.15) is 24.2 Å². The minimum absolute atomic E-state index is 0.0131. The summed E-state index contributed by atoms with van der Waals surface area (Å²) in [5.74, 6) is -0.861. The number of nitro benzene ring substituents is 1. The molecule has 0 aliphatic heterocycles. The standard InChI is InChI=1S/C20H21ClN2O6/c1-13(2)18(20(25)29-11-10-28-15-6-4-3-5-7-15)22-19(24)14-8-9-16(21)17(12-14)23(26)27/h3-9,12-13,18H,10-11H2,1-2H3,(H,22,24)/t18-/m0/s1. The Kier molecular flexibility index (Phi) is 7.97. The Hall–Kier alpha value is -3.13. The van der Waals surface area contributed by atoms with E-state index in [0.717, 1.165) is 6.07 Å². The lowest BCUT2D eigenvalue weighted by molar-refractivity contribution is -0.384. The number of nitro groups is 1.